The van der Waals surface area contributed by atoms with E-state index in [0.717, 1.165) is 17.2 Å². The second kappa shape index (κ2) is 6.33. The molecule has 2 aliphatic heterocycles. The SMILES string of the molecule is C[C@@H](O)C1C(=O)N2C(C(=O)O)=C(SCC[n+]3ccccc3)CC12. The molecule has 3 rings (SSSR count). The molecule has 1 saturated heterocycles. The van der Waals surface area contributed by atoms with Crippen molar-refractivity contribution < 1.29 is 24.4 Å². The number of β-lactam (4-membered cyclic amide) rings is 1. The summed E-state index contributed by atoms with van der Waals surface area (Å²) < 4.78 is 2.03. The minimum Gasteiger partial charge on any atom is -0.477 e. The van der Waals surface area contributed by atoms with Crippen LogP contribution in [0.3, 0.4) is 0 Å². The van der Waals surface area contributed by atoms with Crippen LogP contribution in [-0.2, 0) is 16.1 Å². The summed E-state index contributed by atoms with van der Waals surface area (Å²) in [4.78, 5) is 25.7. The van der Waals surface area contributed by atoms with E-state index in [4.69, 9.17) is 0 Å². The van der Waals surface area contributed by atoms with Crippen LogP contribution in [0.1, 0.15) is 13.3 Å². The maximum atomic E-state index is 12.1. The van der Waals surface area contributed by atoms with Gasteiger partial charge in [0.05, 0.1) is 23.8 Å². The number of carbonyl (C=O) groups is 2. The van der Waals surface area contributed by atoms with Crippen molar-refractivity contribution in [3.8, 4) is 0 Å². The van der Waals surface area contributed by atoms with Crippen LogP contribution in [0, 0.1) is 5.92 Å². The van der Waals surface area contributed by atoms with Gasteiger partial charge < -0.3 is 15.1 Å². The Morgan fingerprint density at radius 1 is 1.43 bits per heavy atom. The van der Waals surface area contributed by atoms with Crippen molar-refractivity contribution in [2.45, 2.75) is 32.0 Å². The van der Waals surface area contributed by atoms with Crippen molar-refractivity contribution in [3.05, 3.63) is 41.2 Å². The number of carboxylic acids is 1. The molecule has 0 aliphatic carbocycles. The number of aryl methyl sites for hydroxylation is 1. The highest BCUT2D eigenvalue weighted by Gasteiger charge is 2.56. The van der Waals surface area contributed by atoms with Gasteiger partial charge in [-0.15, -0.1) is 11.8 Å². The zero-order valence-corrected chi connectivity index (χ0v) is 13.6. The molecular weight excluding hydrogens is 316 g/mol. The number of rotatable bonds is 6. The Balaban J connectivity index is 1.69. The lowest BCUT2D eigenvalue weighted by molar-refractivity contribution is -0.692. The second-order valence-corrected chi connectivity index (χ2v) is 6.97. The first-order valence-electron chi connectivity index (χ1n) is 7.55. The van der Waals surface area contributed by atoms with E-state index in [1.54, 1.807) is 6.92 Å². The number of fused-ring (bicyclic) bond motifs is 1. The first-order chi connectivity index (χ1) is 11.0. The number of aromatic nitrogens is 1. The Bertz CT molecular complexity index is 659. The maximum Gasteiger partial charge on any atom is 0.353 e. The number of thioether (sulfide) groups is 1. The molecule has 2 aliphatic rings. The van der Waals surface area contributed by atoms with Gasteiger partial charge >= 0.3 is 5.97 Å². The fraction of sp³-hybridized carbons (Fsp3) is 0.438. The molecule has 7 heteroatoms. The molecule has 0 saturated carbocycles. The predicted molar refractivity (Wildman–Crippen MR) is 84.2 cm³/mol. The number of nitrogens with zero attached hydrogens (tertiary/aromatic N) is 2. The van der Waals surface area contributed by atoms with Gasteiger partial charge in [-0.05, 0) is 6.92 Å². The molecule has 0 aromatic carbocycles. The fourth-order valence-electron chi connectivity index (χ4n) is 3.22. The molecule has 1 aromatic rings. The van der Waals surface area contributed by atoms with Crippen molar-refractivity contribution in [2.75, 3.05) is 5.75 Å². The molecule has 0 radical (unpaired) electrons. The third-order valence-corrected chi connectivity index (χ3v) is 5.39. The third kappa shape index (κ3) is 2.86. The Hall–Kier alpha value is -1.86. The van der Waals surface area contributed by atoms with Crippen LogP contribution in [0.2, 0.25) is 0 Å². The summed E-state index contributed by atoms with van der Waals surface area (Å²) in [6, 6.07) is 5.62. The quantitative estimate of drug-likeness (QED) is 0.588. The zero-order valence-electron chi connectivity index (χ0n) is 12.8. The number of aliphatic hydroxyl groups is 1. The molecule has 1 fully saturated rings. The van der Waals surface area contributed by atoms with Gasteiger partial charge in [0.25, 0.3) is 0 Å². The fourth-order valence-corrected chi connectivity index (χ4v) is 4.38. The Morgan fingerprint density at radius 2 is 2.13 bits per heavy atom. The smallest absolute Gasteiger partial charge is 0.353 e. The standard InChI is InChI=1S/C16H18N2O4S/c1-10(19)13-11-9-12(14(16(21)22)18(11)15(13)20)23-8-7-17-5-3-2-4-6-17/h2-6,10-11,13,19H,7-9H2,1H3/p+1/t10-,11?,13?/m1/s1. The minimum absolute atomic E-state index is 0.0972. The predicted octanol–water partition coefficient (Wildman–Crippen LogP) is 0.615. The number of amides is 1. The van der Waals surface area contributed by atoms with Crippen LogP contribution in [0.15, 0.2) is 41.2 Å². The monoisotopic (exact) mass is 335 g/mol. The molecule has 1 aromatic heterocycles. The molecule has 0 bridgehead atoms. The minimum atomic E-state index is -1.07. The lowest BCUT2D eigenvalue weighted by Crippen LogP contribution is -2.61. The molecule has 2 unspecified atom stereocenters. The first-order valence-corrected chi connectivity index (χ1v) is 8.53. The largest absolute Gasteiger partial charge is 0.477 e. The topological polar surface area (TPSA) is 81.7 Å². The van der Waals surface area contributed by atoms with E-state index in [1.807, 2.05) is 35.2 Å². The van der Waals surface area contributed by atoms with Crippen molar-refractivity contribution in [1.29, 1.82) is 0 Å². The summed E-state index contributed by atoms with van der Waals surface area (Å²) in [5.74, 6) is -1.10. The Labute approximate surface area is 138 Å². The molecule has 1 amide bonds. The van der Waals surface area contributed by atoms with Crippen LogP contribution in [0.5, 0.6) is 0 Å². The summed E-state index contributed by atoms with van der Waals surface area (Å²) >= 11 is 1.48. The van der Waals surface area contributed by atoms with Gasteiger partial charge in [-0.25, -0.2) is 9.36 Å². The molecule has 0 spiro atoms. The molecule has 2 N–H and O–H groups in total. The van der Waals surface area contributed by atoms with Gasteiger partial charge in [-0.1, -0.05) is 6.07 Å². The summed E-state index contributed by atoms with van der Waals surface area (Å²) in [5, 5.41) is 19.1. The number of carbonyl (C=O) groups excluding carboxylic acids is 1. The van der Waals surface area contributed by atoms with Crippen LogP contribution in [0.4, 0.5) is 0 Å². The van der Waals surface area contributed by atoms with Gasteiger partial charge in [0.15, 0.2) is 18.9 Å². The average Bonchev–Trinajstić information content (AvgIpc) is 2.82. The lowest BCUT2D eigenvalue weighted by Gasteiger charge is -2.44. The normalized spacial score (nSPS) is 24.4. The number of aliphatic carboxylic acids is 1. The van der Waals surface area contributed by atoms with E-state index in [1.165, 1.54) is 16.7 Å². The second-order valence-electron chi connectivity index (χ2n) is 5.78. The van der Waals surface area contributed by atoms with E-state index in [9.17, 15) is 19.8 Å². The molecule has 3 atom stereocenters. The van der Waals surface area contributed by atoms with Gasteiger partial charge in [0.1, 0.15) is 5.70 Å². The summed E-state index contributed by atoms with van der Waals surface area (Å²) in [7, 11) is 0. The van der Waals surface area contributed by atoms with E-state index < -0.39 is 18.0 Å². The number of aliphatic hydroxyl groups excluding tert-OH is 1. The molecule has 3 heterocycles. The van der Waals surface area contributed by atoms with E-state index in [-0.39, 0.29) is 17.6 Å². The van der Waals surface area contributed by atoms with Crippen molar-refractivity contribution in [1.82, 2.24) is 4.90 Å². The van der Waals surface area contributed by atoms with Crippen molar-refractivity contribution in [2.24, 2.45) is 5.92 Å². The van der Waals surface area contributed by atoms with Gasteiger partial charge in [0, 0.05) is 23.5 Å². The van der Waals surface area contributed by atoms with Crippen LogP contribution < -0.4 is 4.57 Å². The first kappa shape index (κ1) is 16.0. The number of pyridine rings is 1. The number of hydrogen-bond donors (Lipinski definition) is 2. The van der Waals surface area contributed by atoms with Gasteiger partial charge in [-0.2, -0.15) is 0 Å². The number of carboxylic acid groups (broad SMARTS) is 1. The highest BCUT2D eigenvalue weighted by Crippen LogP contribution is 2.46. The highest BCUT2D eigenvalue weighted by atomic mass is 32.2. The van der Waals surface area contributed by atoms with Crippen molar-refractivity contribution >= 4 is 23.6 Å². The van der Waals surface area contributed by atoms with Crippen molar-refractivity contribution in [3.63, 3.8) is 0 Å². The average molecular weight is 335 g/mol. The maximum absolute atomic E-state index is 12.1. The zero-order chi connectivity index (χ0) is 16.6. The molecule has 6 nitrogen and oxygen atoms in total. The van der Waals surface area contributed by atoms with Gasteiger partial charge in [-0.3, -0.25) is 4.79 Å². The van der Waals surface area contributed by atoms with E-state index in [0.29, 0.717) is 6.42 Å². The summed E-state index contributed by atoms with van der Waals surface area (Å²) in [6.45, 7) is 2.35. The summed E-state index contributed by atoms with van der Waals surface area (Å²) in [6.07, 6.45) is 3.69. The van der Waals surface area contributed by atoms with Crippen LogP contribution in [-0.4, -0.2) is 44.9 Å². The molecule has 122 valence electrons. The van der Waals surface area contributed by atoms with Crippen LogP contribution >= 0.6 is 11.8 Å². The molecular formula is C16H19N2O4S+. The van der Waals surface area contributed by atoms with Crippen LogP contribution in [0.25, 0.3) is 0 Å². The summed E-state index contributed by atoms with van der Waals surface area (Å²) in [5.41, 5.74) is 0.0972. The van der Waals surface area contributed by atoms with E-state index in [2.05, 4.69) is 0 Å². The third-order valence-electron chi connectivity index (χ3n) is 4.29. The van der Waals surface area contributed by atoms with E-state index >= 15 is 0 Å². The Morgan fingerprint density at radius 3 is 2.74 bits per heavy atom. The molecule has 23 heavy (non-hydrogen) atoms. The lowest BCUT2D eigenvalue weighted by atomic mass is 9.83. The number of hydrogen-bond acceptors (Lipinski definition) is 4. The Kier molecular flexibility index (Phi) is 4.41. The highest BCUT2D eigenvalue weighted by molar-refractivity contribution is 8.03. The van der Waals surface area contributed by atoms with Gasteiger partial charge in [0.2, 0.25) is 5.91 Å².